The van der Waals surface area contributed by atoms with Crippen LogP contribution in [-0.2, 0) is 4.79 Å². The maximum absolute atomic E-state index is 12.9. The molecule has 1 aromatic heterocycles. The van der Waals surface area contributed by atoms with Gasteiger partial charge in [-0.1, -0.05) is 6.42 Å². The van der Waals surface area contributed by atoms with Crippen molar-refractivity contribution in [3.63, 3.8) is 0 Å². The Morgan fingerprint density at radius 1 is 1.34 bits per heavy atom. The number of ketones is 1. The minimum Gasteiger partial charge on any atom is -0.504 e. The Kier molecular flexibility index (Phi) is 7.17. The Balaban J connectivity index is 1.72. The zero-order chi connectivity index (χ0) is 25.2. The molecular weight excluding hydrogens is 446 g/mol. The highest BCUT2D eigenvalue weighted by Crippen LogP contribution is 2.46. The number of nitrogens with one attached hydrogen (secondary N) is 2. The van der Waals surface area contributed by atoms with E-state index in [0.29, 0.717) is 37.7 Å². The minimum atomic E-state index is -0.841. The van der Waals surface area contributed by atoms with E-state index in [2.05, 4.69) is 14.9 Å². The molecule has 10 nitrogen and oxygen atoms in total. The number of carbonyl (C=O) groups excluding carboxylic acids is 1. The maximum Gasteiger partial charge on any atom is 0.219 e. The normalized spacial score (nSPS) is 27.4. The summed E-state index contributed by atoms with van der Waals surface area (Å²) in [6, 6.07) is 1.68. The van der Waals surface area contributed by atoms with Crippen molar-refractivity contribution < 1.29 is 14.6 Å². The minimum absolute atomic E-state index is 0.0754. The Bertz CT molecular complexity index is 1090. The van der Waals surface area contributed by atoms with Crippen molar-refractivity contribution >= 4 is 29.4 Å². The molecule has 3 fully saturated rings. The van der Waals surface area contributed by atoms with Crippen LogP contribution in [0.4, 0.5) is 5.82 Å². The number of anilines is 1. The molecule has 3 aliphatic rings. The zero-order valence-electron chi connectivity index (χ0n) is 20.4. The maximum atomic E-state index is 12.9. The van der Waals surface area contributed by atoms with Gasteiger partial charge in [0.1, 0.15) is 18.2 Å². The number of likely N-dealkylation sites (tertiary alicyclic amines) is 1. The number of ether oxygens (including phenoxy) is 1. The number of rotatable bonds is 6. The lowest BCUT2D eigenvalue weighted by Crippen LogP contribution is -2.44. The standard InChI is InChI=1S/C25H33N7O3/c1-16(18-8-6-12-31(18)2)35-21-13-20(32(14-26)15-27)29-24(30-21)22(34)17-7-5-11-25(23(17)28)10-4-3-9-19(25)33/h13-14,16,18,26,28,34H,3-12H2,1-2H3/b22-17-,26-14?,28-23?/t16-,18-,25+/m0/s1. The van der Waals surface area contributed by atoms with Gasteiger partial charge in [-0.2, -0.15) is 10.2 Å². The van der Waals surface area contributed by atoms with Gasteiger partial charge in [-0.05, 0) is 65.5 Å². The van der Waals surface area contributed by atoms with E-state index in [0.717, 1.165) is 43.5 Å². The van der Waals surface area contributed by atoms with Crippen molar-refractivity contribution in [2.75, 3.05) is 18.5 Å². The van der Waals surface area contributed by atoms with Gasteiger partial charge < -0.3 is 15.3 Å². The fourth-order valence-electron chi connectivity index (χ4n) is 5.74. The molecule has 2 saturated carbocycles. The summed E-state index contributed by atoms with van der Waals surface area (Å²) < 4.78 is 6.13. The second kappa shape index (κ2) is 10.1. The van der Waals surface area contributed by atoms with Crippen LogP contribution in [0.3, 0.4) is 0 Å². The van der Waals surface area contributed by atoms with Gasteiger partial charge in [-0.15, -0.1) is 0 Å². The van der Waals surface area contributed by atoms with Crippen LogP contribution in [0.5, 0.6) is 5.88 Å². The molecular formula is C25H33N7O3. The number of nitrogens with zero attached hydrogens (tertiary/aromatic N) is 5. The predicted molar refractivity (Wildman–Crippen MR) is 132 cm³/mol. The van der Waals surface area contributed by atoms with Gasteiger partial charge in [-0.25, -0.2) is 9.88 Å². The van der Waals surface area contributed by atoms with Gasteiger partial charge in [0.15, 0.2) is 17.8 Å². The van der Waals surface area contributed by atoms with Crippen molar-refractivity contribution in [1.82, 2.24) is 14.9 Å². The van der Waals surface area contributed by atoms with Crippen molar-refractivity contribution in [2.45, 2.75) is 76.9 Å². The van der Waals surface area contributed by atoms with Gasteiger partial charge in [0.2, 0.25) is 11.7 Å². The van der Waals surface area contributed by atoms with Crippen LogP contribution >= 0.6 is 0 Å². The lowest BCUT2D eigenvalue weighted by atomic mass is 9.62. The van der Waals surface area contributed by atoms with Crippen LogP contribution < -0.4 is 9.64 Å². The molecule has 186 valence electrons. The molecule has 2 heterocycles. The van der Waals surface area contributed by atoms with E-state index >= 15 is 0 Å². The van der Waals surface area contributed by atoms with Crippen LogP contribution in [-0.4, -0.2) is 63.5 Å². The molecule has 1 spiro atoms. The van der Waals surface area contributed by atoms with E-state index in [1.165, 1.54) is 6.07 Å². The highest BCUT2D eigenvalue weighted by atomic mass is 16.5. The molecule has 1 aliphatic heterocycles. The highest BCUT2D eigenvalue weighted by molar-refractivity contribution is 6.18. The summed E-state index contributed by atoms with van der Waals surface area (Å²) in [6.45, 7) is 2.95. The molecule has 10 heteroatoms. The largest absolute Gasteiger partial charge is 0.504 e. The zero-order valence-corrected chi connectivity index (χ0v) is 20.4. The van der Waals surface area contributed by atoms with E-state index in [1.807, 2.05) is 20.2 Å². The summed E-state index contributed by atoms with van der Waals surface area (Å²) in [5.74, 6) is -0.00373. The average Bonchev–Trinajstić information content (AvgIpc) is 3.29. The highest BCUT2D eigenvalue weighted by Gasteiger charge is 2.47. The molecule has 1 saturated heterocycles. The summed E-state index contributed by atoms with van der Waals surface area (Å²) in [5.41, 5.74) is -0.310. The van der Waals surface area contributed by atoms with Crippen LogP contribution in [0.1, 0.15) is 70.5 Å². The van der Waals surface area contributed by atoms with Gasteiger partial charge in [-0.3, -0.25) is 15.1 Å². The van der Waals surface area contributed by atoms with Crippen LogP contribution in [0.2, 0.25) is 0 Å². The summed E-state index contributed by atoms with van der Waals surface area (Å²) in [7, 11) is 2.05. The van der Waals surface area contributed by atoms with E-state index in [9.17, 15) is 15.2 Å². The van der Waals surface area contributed by atoms with Gasteiger partial charge in [0.25, 0.3) is 0 Å². The fraction of sp³-hybridized carbons (Fsp3) is 0.600. The lowest BCUT2D eigenvalue weighted by Gasteiger charge is -2.40. The van der Waals surface area contributed by atoms with E-state index in [4.69, 9.17) is 15.6 Å². The summed E-state index contributed by atoms with van der Waals surface area (Å²) in [6.07, 6.45) is 9.15. The number of aliphatic hydroxyl groups excluding tert-OH is 1. The summed E-state index contributed by atoms with van der Waals surface area (Å²) in [4.78, 5) is 24.8. The van der Waals surface area contributed by atoms with E-state index < -0.39 is 5.41 Å². The molecule has 0 aromatic carbocycles. The first kappa shape index (κ1) is 24.8. The first-order chi connectivity index (χ1) is 16.8. The molecule has 0 amide bonds. The quantitative estimate of drug-likeness (QED) is 0.183. The molecule has 4 rings (SSSR count). The Labute approximate surface area is 205 Å². The number of hydrogen-bond acceptors (Lipinski definition) is 9. The first-order valence-electron chi connectivity index (χ1n) is 12.3. The molecule has 1 aromatic rings. The van der Waals surface area contributed by atoms with Crippen LogP contribution in [0.15, 0.2) is 11.6 Å². The number of allylic oxidation sites excluding steroid dienone is 1. The smallest absolute Gasteiger partial charge is 0.219 e. The molecule has 0 bridgehead atoms. The number of hydrogen-bond donors (Lipinski definition) is 3. The van der Waals surface area contributed by atoms with Crippen molar-refractivity contribution in [3.05, 3.63) is 17.5 Å². The van der Waals surface area contributed by atoms with E-state index in [-0.39, 0.29) is 46.9 Å². The number of likely N-dealkylation sites (N-methyl/N-ethyl adjacent to an activating group) is 1. The van der Waals surface area contributed by atoms with Gasteiger partial charge in [0, 0.05) is 24.1 Å². The monoisotopic (exact) mass is 479 g/mol. The molecule has 35 heavy (non-hydrogen) atoms. The third-order valence-electron chi connectivity index (χ3n) is 7.70. The third-order valence-corrected chi connectivity index (χ3v) is 7.70. The Hall–Kier alpha value is -3.32. The Morgan fingerprint density at radius 3 is 2.77 bits per heavy atom. The summed E-state index contributed by atoms with van der Waals surface area (Å²) in [5, 5.41) is 37.1. The first-order valence-corrected chi connectivity index (χ1v) is 12.3. The van der Waals surface area contributed by atoms with Crippen molar-refractivity contribution in [2.24, 2.45) is 5.41 Å². The topological polar surface area (TPSA) is 150 Å². The number of nitriles is 1. The molecule has 3 atom stereocenters. The van der Waals surface area contributed by atoms with Gasteiger partial charge in [0.05, 0.1) is 11.1 Å². The van der Waals surface area contributed by atoms with Crippen molar-refractivity contribution in [1.29, 1.82) is 16.1 Å². The van der Waals surface area contributed by atoms with Crippen LogP contribution in [0, 0.1) is 27.7 Å². The molecule has 2 aliphatic carbocycles. The Morgan fingerprint density at radius 2 is 2.11 bits per heavy atom. The van der Waals surface area contributed by atoms with Crippen LogP contribution in [0.25, 0.3) is 5.76 Å². The number of carbonyl (C=O) groups is 1. The van der Waals surface area contributed by atoms with Gasteiger partial charge >= 0.3 is 0 Å². The molecule has 0 unspecified atom stereocenters. The average molecular weight is 480 g/mol. The number of aliphatic hydroxyl groups is 1. The second-order valence-electron chi connectivity index (χ2n) is 9.77. The fourth-order valence-corrected chi connectivity index (χ4v) is 5.74. The number of Topliss-reactive ketones (excluding diaryl/α,β-unsaturated/α-hetero) is 1. The molecule has 3 N–H and O–H groups in total. The predicted octanol–water partition coefficient (Wildman–Crippen LogP) is 3.83. The molecule has 0 radical (unpaired) electrons. The van der Waals surface area contributed by atoms with Crippen molar-refractivity contribution in [3.8, 4) is 12.1 Å². The number of aromatic nitrogens is 2. The lowest BCUT2D eigenvalue weighted by molar-refractivity contribution is -0.128. The summed E-state index contributed by atoms with van der Waals surface area (Å²) >= 11 is 0. The third kappa shape index (κ3) is 4.65. The van der Waals surface area contributed by atoms with E-state index in [1.54, 1.807) is 0 Å². The second-order valence-corrected chi connectivity index (χ2v) is 9.77. The SMILES string of the molecule is C[C@H](Oc1cc(N(C#N)C=N)nc(/C(O)=C2\CCC[C@@]3(CCCCC3=O)C2=N)n1)[C@@H]1CCCN1C.